The van der Waals surface area contributed by atoms with Gasteiger partial charge < -0.3 is 15.3 Å². The number of aliphatic carboxylic acids is 1. The molecule has 0 aliphatic carbocycles. The van der Waals surface area contributed by atoms with E-state index in [4.69, 9.17) is 5.11 Å². The van der Waals surface area contributed by atoms with Crippen LogP contribution in [0.2, 0.25) is 0 Å². The second-order valence-electron chi connectivity index (χ2n) is 2.93. The van der Waals surface area contributed by atoms with Crippen LogP contribution in [-0.2, 0) is 9.63 Å². The van der Waals surface area contributed by atoms with E-state index in [-0.39, 0.29) is 11.4 Å². The monoisotopic (exact) mass is 284 g/mol. The molecule has 2 aromatic heterocycles. The van der Waals surface area contributed by atoms with E-state index in [1.54, 1.807) is 11.6 Å². The molecule has 0 aliphatic rings. The van der Waals surface area contributed by atoms with Crippen molar-refractivity contribution in [3.63, 3.8) is 0 Å². The van der Waals surface area contributed by atoms with Gasteiger partial charge in [0, 0.05) is 17.0 Å². The van der Waals surface area contributed by atoms with Crippen molar-refractivity contribution in [1.82, 2.24) is 9.97 Å². The summed E-state index contributed by atoms with van der Waals surface area (Å²) >= 11 is 2.69. The van der Waals surface area contributed by atoms with Gasteiger partial charge in [-0.15, -0.1) is 22.7 Å². The Morgan fingerprint density at radius 2 is 2.33 bits per heavy atom. The van der Waals surface area contributed by atoms with Crippen molar-refractivity contribution in [3.8, 4) is 0 Å². The quantitative estimate of drug-likeness (QED) is 0.641. The van der Waals surface area contributed by atoms with Gasteiger partial charge >= 0.3 is 5.97 Å². The van der Waals surface area contributed by atoms with Gasteiger partial charge in [-0.05, 0) is 0 Å². The van der Waals surface area contributed by atoms with E-state index < -0.39 is 5.97 Å². The molecule has 2 aromatic rings. The molecule has 2 heterocycles. The van der Waals surface area contributed by atoms with Gasteiger partial charge in [0.15, 0.2) is 10.3 Å². The molecule has 18 heavy (non-hydrogen) atoms. The highest BCUT2D eigenvalue weighted by Gasteiger charge is 2.17. The normalized spacial score (nSPS) is 11.3. The smallest absolute Gasteiger partial charge is 0.360 e. The maximum Gasteiger partial charge on any atom is 0.360 e. The fourth-order valence-electron chi connectivity index (χ4n) is 1.10. The molecule has 0 aliphatic heterocycles. The highest BCUT2D eigenvalue weighted by atomic mass is 32.1. The molecule has 0 saturated carbocycles. The van der Waals surface area contributed by atoms with Gasteiger partial charge in [0.25, 0.3) is 0 Å². The molecule has 7 nitrogen and oxygen atoms in total. The lowest BCUT2D eigenvalue weighted by Gasteiger charge is -1.96. The van der Waals surface area contributed by atoms with Crippen LogP contribution in [0.25, 0.3) is 0 Å². The standard InChI is InChI=1S/C9H8N4O3S2/c1-16-13-6(7(14)15)5-4-18-9(11-5)12-8-10-2-3-17-8/h2-4H,1H3,(H,14,15)(H,10,11,12). The zero-order chi connectivity index (χ0) is 13.0. The van der Waals surface area contributed by atoms with E-state index in [2.05, 4.69) is 25.3 Å². The molecule has 0 fully saturated rings. The maximum absolute atomic E-state index is 10.9. The zero-order valence-electron chi connectivity index (χ0n) is 9.15. The van der Waals surface area contributed by atoms with Gasteiger partial charge in [-0.2, -0.15) is 0 Å². The largest absolute Gasteiger partial charge is 0.476 e. The Hall–Kier alpha value is -2.00. The van der Waals surface area contributed by atoms with Gasteiger partial charge in [0.05, 0.1) is 0 Å². The molecule has 0 saturated heterocycles. The molecule has 0 spiro atoms. The predicted octanol–water partition coefficient (Wildman–Crippen LogP) is 1.78. The molecule has 2 rings (SSSR count). The van der Waals surface area contributed by atoms with Crippen molar-refractivity contribution in [3.05, 3.63) is 22.7 Å². The number of nitrogens with zero attached hydrogens (tertiary/aromatic N) is 3. The summed E-state index contributed by atoms with van der Waals surface area (Å²) in [6.07, 6.45) is 1.66. The Morgan fingerprint density at radius 1 is 1.50 bits per heavy atom. The summed E-state index contributed by atoms with van der Waals surface area (Å²) in [7, 11) is 1.28. The van der Waals surface area contributed by atoms with Crippen molar-refractivity contribution < 1.29 is 14.7 Å². The highest BCUT2D eigenvalue weighted by molar-refractivity contribution is 7.16. The molecule has 94 valence electrons. The van der Waals surface area contributed by atoms with Crippen LogP contribution in [0.1, 0.15) is 5.69 Å². The zero-order valence-corrected chi connectivity index (χ0v) is 10.8. The van der Waals surface area contributed by atoms with Crippen molar-refractivity contribution in [2.24, 2.45) is 5.16 Å². The second kappa shape index (κ2) is 5.56. The summed E-state index contributed by atoms with van der Waals surface area (Å²) in [6, 6.07) is 0. The van der Waals surface area contributed by atoms with Crippen LogP contribution in [0.5, 0.6) is 0 Å². The number of thiazole rings is 2. The van der Waals surface area contributed by atoms with Crippen molar-refractivity contribution in [1.29, 1.82) is 0 Å². The number of nitrogens with one attached hydrogen (secondary N) is 1. The lowest BCUT2D eigenvalue weighted by Crippen LogP contribution is -2.15. The van der Waals surface area contributed by atoms with Crippen LogP contribution >= 0.6 is 22.7 Å². The number of hydrogen-bond donors (Lipinski definition) is 2. The number of oxime groups is 1. The Balaban J connectivity index is 2.19. The minimum absolute atomic E-state index is 0.235. The van der Waals surface area contributed by atoms with Crippen LogP contribution in [0, 0.1) is 0 Å². The molecule has 0 radical (unpaired) electrons. The lowest BCUT2D eigenvalue weighted by molar-refractivity contribution is -0.129. The summed E-state index contributed by atoms with van der Waals surface area (Å²) in [5.41, 5.74) is 0.00865. The first-order chi connectivity index (χ1) is 8.70. The van der Waals surface area contributed by atoms with Crippen LogP contribution < -0.4 is 5.32 Å². The first-order valence-electron chi connectivity index (χ1n) is 4.67. The Morgan fingerprint density at radius 3 is 2.94 bits per heavy atom. The van der Waals surface area contributed by atoms with Gasteiger partial charge in [0.2, 0.25) is 5.71 Å². The Labute approximate surface area is 110 Å². The van der Waals surface area contributed by atoms with Crippen LogP contribution in [-0.4, -0.2) is 33.9 Å². The topological polar surface area (TPSA) is 96.7 Å². The van der Waals surface area contributed by atoms with E-state index in [9.17, 15) is 4.79 Å². The average molecular weight is 284 g/mol. The summed E-state index contributed by atoms with van der Waals surface area (Å²) < 4.78 is 0. The van der Waals surface area contributed by atoms with E-state index in [1.165, 1.54) is 29.8 Å². The summed E-state index contributed by atoms with van der Waals surface area (Å²) in [5.74, 6) is -1.19. The molecule has 0 atom stereocenters. The van der Waals surface area contributed by atoms with Crippen LogP contribution in [0.15, 0.2) is 22.1 Å². The molecule has 0 amide bonds. The van der Waals surface area contributed by atoms with Crippen LogP contribution in [0.3, 0.4) is 0 Å². The minimum Gasteiger partial charge on any atom is -0.476 e. The predicted molar refractivity (Wildman–Crippen MR) is 68.7 cm³/mol. The average Bonchev–Trinajstić information content (AvgIpc) is 2.97. The molecule has 0 unspecified atom stereocenters. The van der Waals surface area contributed by atoms with E-state index >= 15 is 0 Å². The minimum atomic E-state index is -1.19. The third kappa shape index (κ3) is 2.81. The number of aromatic nitrogens is 2. The fraction of sp³-hybridized carbons (Fsp3) is 0.111. The van der Waals surface area contributed by atoms with Crippen LogP contribution in [0.4, 0.5) is 10.3 Å². The summed E-state index contributed by atoms with van der Waals surface area (Å²) in [4.78, 5) is 23.6. The molecular weight excluding hydrogens is 276 g/mol. The van der Waals surface area contributed by atoms with E-state index in [0.29, 0.717) is 10.3 Å². The fourth-order valence-corrected chi connectivity index (χ4v) is 2.39. The Kier molecular flexibility index (Phi) is 3.85. The highest BCUT2D eigenvalue weighted by Crippen LogP contribution is 2.22. The number of carboxylic acid groups (broad SMARTS) is 1. The maximum atomic E-state index is 10.9. The van der Waals surface area contributed by atoms with Crippen molar-refractivity contribution in [2.75, 3.05) is 12.4 Å². The Bertz CT molecular complexity index is 564. The number of carboxylic acids is 1. The number of rotatable bonds is 5. The number of anilines is 2. The molecule has 9 heteroatoms. The van der Waals surface area contributed by atoms with E-state index in [0.717, 1.165) is 0 Å². The first-order valence-corrected chi connectivity index (χ1v) is 6.43. The van der Waals surface area contributed by atoms with E-state index in [1.807, 2.05) is 5.38 Å². The van der Waals surface area contributed by atoms with Gasteiger partial charge in [0.1, 0.15) is 12.8 Å². The SMILES string of the molecule is CON=C(C(=O)O)c1csc(Nc2nccs2)n1. The molecular formula is C9H8N4O3S2. The van der Waals surface area contributed by atoms with Gasteiger partial charge in [-0.25, -0.2) is 14.8 Å². The summed E-state index contributed by atoms with van der Waals surface area (Å²) in [6.45, 7) is 0. The van der Waals surface area contributed by atoms with Gasteiger partial charge in [-0.3, -0.25) is 0 Å². The molecule has 2 N–H and O–H groups in total. The molecule has 0 aromatic carbocycles. The summed E-state index contributed by atoms with van der Waals surface area (Å²) in [5, 5.41) is 20.0. The molecule has 0 bridgehead atoms. The van der Waals surface area contributed by atoms with Crippen molar-refractivity contribution in [2.45, 2.75) is 0 Å². The van der Waals surface area contributed by atoms with Gasteiger partial charge in [-0.1, -0.05) is 5.16 Å². The third-order valence-corrected chi connectivity index (χ3v) is 3.22. The third-order valence-electron chi connectivity index (χ3n) is 1.78. The first kappa shape index (κ1) is 12.5. The second-order valence-corrected chi connectivity index (χ2v) is 4.68. The number of carbonyl (C=O) groups is 1. The lowest BCUT2D eigenvalue weighted by atomic mass is 10.3. The number of hydrogen-bond acceptors (Lipinski definition) is 8. The van der Waals surface area contributed by atoms with Crippen molar-refractivity contribution >= 4 is 44.6 Å².